The predicted octanol–water partition coefficient (Wildman–Crippen LogP) is 1.92. The monoisotopic (exact) mass is 299 g/mol. The zero-order chi connectivity index (χ0) is 13.9. The average Bonchev–Trinajstić information content (AvgIpc) is 2.58. The van der Waals surface area contributed by atoms with Crippen LogP contribution in [-0.4, -0.2) is 22.6 Å². The highest BCUT2D eigenvalue weighted by Gasteiger charge is 2.42. The van der Waals surface area contributed by atoms with Crippen molar-refractivity contribution in [3.05, 3.63) is 9.90 Å². The Bertz CT molecular complexity index is 497. The lowest BCUT2D eigenvalue weighted by molar-refractivity contribution is -0.202. The maximum Gasteiger partial charge on any atom is 0.490 e. The number of ether oxygens (including phenoxy) is 1. The summed E-state index contributed by atoms with van der Waals surface area (Å²) in [6, 6.07) is 1.43. The van der Waals surface area contributed by atoms with Crippen molar-refractivity contribution in [2.24, 2.45) is 0 Å². The Labute approximate surface area is 108 Å². The van der Waals surface area contributed by atoms with Crippen molar-refractivity contribution in [1.82, 2.24) is 4.37 Å². The van der Waals surface area contributed by atoms with E-state index in [1.54, 1.807) is 0 Å². The zero-order valence-electron chi connectivity index (χ0n) is 8.49. The molecule has 0 aliphatic rings. The number of nitrogen functional groups attached to an aromatic ring is 1. The van der Waals surface area contributed by atoms with Gasteiger partial charge in [0.15, 0.2) is 11.9 Å². The Kier molecular flexibility index (Phi) is 4.37. The van der Waals surface area contributed by atoms with Crippen LogP contribution in [0, 0.1) is 11.3 Å². The normalized spacial score (nSPS) is 12.8. The number of esters is 1. The van der Waals surface area contributed by atoms with Gasteiger partial charge >= 0.3 is 12.1 Å². The van der Waals surface area contributed by atoms with Crippen molar-refractivity contribution in [2.45, 2.75) is 18.7 Å². The van der Waals surface area contributed by atoms with Gasteiger partial charge in [-0.3, -0.25) is 0 Å². The Morgan fingerprint density at radius 2 is 2.28 bits per heavy atom. The molecule has 0 amide bonds. The highest BCUT2D eigenvalue weighted by atomic mass is 35.5. The fourth-order valence-corrected chi connectivity index (χ4v) is 1.92. The molecule has 2 N–H and O–H groups in total. The molecule has 0 spiro atoms. The van der Waals surface area contributed by atoms with Crippen LogP contribution in [0.1, 0.15) is 4.88 Å². The van der Waals surface area contributed by atoms with Gasteiger partial charge < -0.3 is 10.5 Å². The van der Waals surface area contributed by atoms with E-state index >= 15 is 0 Å². The highest BCUT2D eigenvalue weighted by molar-refractivity contribution is 7.06. The van der Waals surface area contributed by atoms with Gasteiger partial charge in [0.05, 0.1) is 9.90 Å². The van der Waals surface area contributed by atoms with E-state index in [-0.39, 0.29) is 22.1 Å². The summed E-state index contributed by atoms with van der Waals surface area (Å²) in [7, 11) is 0. The molecule has 0 saturated heterocycles. The molecule has 0 saturated carbocycles. The molecule has 5 nitrogen and oxygen atoms in total. The molecule has 10 heteroatoms. The van der Waals surface area contributed by atoms with Gasteiger partial charge in [0.25, 0.3) is 0 Å². The van der Waals surface area contributed by atoms with Crippen LogP contribution in [0.5, 0.6) is 0 Å². The second-order valence-electron chi connectivity index (χ2n) is 3.03. The smallest absolute Gasteiger partial charge is 0.440 e. The van der Waals surface area contributed by atoms with Crippen molar-refractivity contribution in [2.75, 3.05) is 5.73 Å². The third-order valence-corrected chi connectivity index (χ3v) is 3.13. The van der Waals surface area contributed by atoms with Gasteiger partial charge in [-0.15, -0.1) is 0 Å². The summed E-state index contributed by atoms with van der Waals surface area (Å²) in [6.07, 6.45) is -7.05. The first-order chi connectivity index (χ1) is 8.25. The lowest BCUT2D eigenvalue weighted by Crippen LogP contribution is -2.30. The van der Waals surface area contributed by atoms with E-state index in [4.69, 9.17) is 22.6 Å². The first kappa shape index (κ1) is 14.5. The maximum absolute atomic E-state index is 11.9. The van der Waals surface area contributed by atoms with Gasteiger partial charge in [0, 0.05) is 6.42 Å². The third kappa shape index (κ3) is 3.48. The van der Waals surface area contributed by atoms with E-state index in [1.165, 1.54) is 6.07 Å². The lowest BCUT2D eigenvalue weighted by Gasteiger charge is -2.11. The SMILES string of the molecule is N#CC(Cc1snc(N)c1Cl)OC(=O)C(F)(F)F. The molecular weight excluding hydrogens is 295 g/mol. The molecule has 18 heavy (non-hydrogen) atoms. The lowest BCUT2D eigenvalue weighted by atomic mass is 10.2. The standard InChI is InChI=1S/C8H5ClF3N3O2S/c9-5-4(18-15-6(5)14)1-3(2-13)17-7(16)8(10,11)12/h3H,1H2,(H2,14,15). The van der Waals surface area contributed by atoms with Crippen molar-refractivity contribution >= 4 is 34.9 Å². The number of carbonyl (C=O) groups is 1. The molecule has 1 unspecified atom stereocenters. The van der Waals surface area contributed by atoms with Crippen LogP contribution < -0.4 is 5.73 Å². The number of halogens is 4. The molecule has 1 heterocycles. The molecule has 1 aromatic rings. The summed E-state index contributed by atoms with van der Waals surface area (Å²) in [5.74, 6) is -2.42. The Balaban J connectivity index is 2.73. The molecule has 0 aliphatic carbocycles. The largest absolute Gasteiger partial charge is 0.490 e. The van der Waals surface area contributed by atoms with Gasteiger partial charge in [-0.2, -0.15) is 22.8 Å². The summed E-state index contributed by atoms with van der Waals surface area (Å²) >= 11 is 6.51. The van der Waals surface area contributed by atoms with Crippen molar-refractivity contribution in [3.63, 3.8) is 0 Å². The second kappa shape index (κ2) is 5.41. The molecule has 0 aromatic carbocycles. The summed E-state index contributed by atoms with van der Waals surface area (Å²) in [4.78, 5) is 10.8. The fraction of sp³-hybridized carbons (Fsp3) is 0.375. The number of rotatable bonds is 3. The van der Waals surface area contributed by atoms with Crippen LogP contribution in [0.25, 0.3) is 0 Å². The first-order valence-electron chi connectivity index (χ1n) is 4.32. The van der Waals surface area contributed by atoms with Crippen molar-refractivity contribution < 1.29 is 22.7 Å². The minimum atomic E-state index is -5.15. The van der Waals surface area contributed by atoms with Crippen LogP contribution in [0.3, 0.4) is 0 Å². The number of nitrogens with two attached hydrogens (primary N) is 1. The molecule has 1 atom stereocenters. The fourth-order valence-electron chi connectivity index (χ4n) is 0.932. The van der Waals surface area contributed by atoms with E-state index in [1.807, 2.05) is 0 Å². The van der Waals surface area contributed by atoms with Crippen LogP contribution in [0.15, 0.2) is 0 Å². The van der Waals surface area contributed by atoms with Crippen molar-refractivity contribution in [1.29, 1.82) is 5.26 Å². The number of hydrogen-bond donors (Lipinski definition) is 1. The van der Waals surface area contributed by atoms with E-state index in [0.717, 1.165) is 11.5 Å². The molecule has 1 rings (SSSR count). The van der Waals surface area contributed by atoms with Crippen LogP contribution in [-0.2, 0) is 16.0 Å². The minimum absolute atomic E-state index is 0.00973. The third-order valence-electron chi connectivity index (χ3n) is 1.72. The van der Waals surface area contributed by atoms with Crippen molar-refractivity contribution in [3.8, 4) is 6.07 Å². The minimum Gasteiger partial charge on any atom is -0.440 e. The topological polar surface area (TPSA) is 89.0 Å². The maximum atomic E-state index is 11.9. The number of nitrogens with zero attached hydrogens (tertiary/aromatic N) is 2. The Hall–Kier alpha value is -1.53. The van der Waals surface area contributed by atoms with E-state index in [0.29, 0.717) is 0 Å². The molecule has 0 fully saturated rings. The number of alkyl halides is 3. The van der Waals surface area contributed by atoms with Crippen LogP contribution in [0.2, 0.25) is 5.02 Å². The number of anilines is 1. The van der Waals surface area contributed by atoms with E-state index in [2.05, 4.69) is 9.11 Å². The number of aromatic nitrogens is 1. The highest BCUT2D eigenvalue weighted by Crippen LogP contribution is 2.28. The van der Waals surface area contributed by atoms with Gasteiger partial charge in [-0.05, 0) is 11.5 Å². The average molecular weight is 300 g/mol. The predicted molar refractivity (Wildman–Crippen MR) is 56.8 cm³/mol. The Morgan fingerprint density at radius 3 is 2.67 bits per heavy atom. The summed E-state index contributed by atoms with van der Waals surface area (Å²) in [5.41, 5.74) is 5.33. The van der Waals surface area contributed by atoms with E-state index in [9.17, 15) is 18.0 Å². The van der Waals surface area contributed by atoms with Gasteiger partial charge in [-0.1, -0.05) is 11.6 Å². The number of carbonyl (C=O) groups excluding carboxylic acids is 1. The molecule has 1 aromatic heterocycles. The molecule has 0 bridgehead atoms. The number of hydrogen-bond acceptors (Lipinski definition) is 6. The summed E-state index contributed by atoms with van der Waals surface area (Å²) < 4.78 is 43.4. The zero-order valence-corrected chi connectivity index (χ0v) is 10.1. The Morgan fingerprint density at radius 1 is 1.67 bits per heavy atom. The van der Waals surface area contributed by atoms with E-state index < -0.39 is 18.2 Å². The van der Waals surface area contributed by atoms with Crippen LogP contribution in [0.4, 0.5) is 19.0 Å². The number of nitriles is 1. The first-order valence-corrected chi connectivity index (χ1v) is 5.47. The quantitative estimate of drug-likeness (QED) is 0.861. The molecule has 98 valence electrons. The van der Waals surface area contributed by atoms with Crippen LogP contribution >= 0.6 is 23.1 Å². The molecule has 0 radical (unpaired) electrons. The molecule has 0 aliphatic heterocycles. The van der Waals surface area contributed by atoms with Gasteiger partial charge in [-0.25, -0.2) is 4.79 Å². The second-order valence-corrected chi connectivity index (χ2v) is 4.27. The molecular formula is C8H5ClF3N3O2S. The summed E-state index contributed by atoms with van der Waals surface area (Å²) in [6.45, 7) is 0. The van der Waals surface area contributed by atoms with Gasteiger partial charge in [0.2, 0.25) is 0 Å². The van der Waals surface area contributed by atoms with Gasteiger partial charge in [0.1, 0.15) is 6.07 Å². The summed E-state index contributed by atoms with van der Waals surface area (Å²) in [5, 5.41) is 8.66.